The third-order valence-corrected chi connectivity index (χ3v) is 5.51. The molecule has 0 bridgehead atoms. The fraction of sp³-hybridized carbons (Fsp3) is 0.214. The third kappa shape index (κ3) is 3.18. The summed E-state index contributed by atoms with van der Waals surface area (Å²) >= 11 is 5.93. The van der Waals surface area contributed by atoms with Gasteiger partial charge in [-0.3, -0.25) is 4.79 Å². The summed E-state index contributed by atoms with van der Waals surface area (Å²) in [6.45, 7) is 1.74. The van der Waals surface area contributed by atoms with E-state index in [1.165, 1.54) is 25.5 Å². The molecule has 7 heteroatoms. The minimum absolute atomic E-state index is 0.277. The molecule has 0 saturated carbocycles. The highest BCUT2D eigenvalue weighted by Gasteiger charge is 2.28. The maximum Gasteiger partial charge on any atom is 0.248 e. The van der Waals surface area contributed by atoms with Crippen molar-refractivity contribution in [3.8, 4) is 0 Å². The highest BCUT2D eigenvalue weighted by Crippen LogP contribution is 2.25. The van der Waals surface area contributed by atoms with Crippen molar-refractivity contribution in [1.29, 1.82) is 0 Å². The zero-order chi connectivity index (χ0) is 15.6. The fourth-order valence-corrected chi connectivity index (χ4v) is 3.53. The maximum absolute atomic E-state index is 12.5. The first kappa shape index (κ1) is 15.8. The van der Waals surface area contributed by atoms with Crippen LogP contribution in [0.1, 0.15) is 18.5 Å². The molecule has 0 spiro atoms. The Balaban J connectivity index is 2.41. The van der Waals surface area contributed by atoms with Gasteiger partial charge in [-0.2, -0.15) is 4.31 Å². The quantitative estimate of drug-likeness (QED) is 0.938. The number of hydrogen-bond acceptors (Lipinski definition) is 3. The lowest BCUT2D eigenvalue weighted by Crippen LogP contribution is -2.32. The number of halogens is 1. The number of H-pyrrole nitrogens is 1. The van der Waals surface area contributed by atoms with Crippen LogP contribution >= 0.6 is 11.6 Å². The average molecular weight is 327 g/mol. The summed E-state index contributed by atoms with van der Waals surface area (Å²) in [5, 5.41) is 0.530. The zero-order valence-corrected chi connectivity index (χ0v) is 13.1. The molecule has 1 aromatic carbocycles. The van der Waals surface area contributed by atoms with Crippen LogP contribution in [0.5, 0.6) is 0 Å². The van der Waals surface area contributed by atoms with Crippen molar-refractivity contribution < 1.29 is 8.42 Å². The van der Waals surface area contributed by atoms with E-state index in [9.17, 15) is 13.2 Å². The molecule has 0 amide bonds. The van der Waals surface area contributed by atoms with Gasteiger partial charge in [-0.05, 0) is 24.6 Å². The van der Waals surface area contributed by atoms with Crippen LogP contribution in [0.4, 0.5) is 0 Å². The number of rotatable bonds is 4. The summed E-state index contributed by atoms with van der Waals surface area (Å²) in [4.78, 5) is 14.1. The van der Waals surface area contributed by atoms with E-state index in [-0.39, 0.29) is 4.90 Å². The van der Waals surface area contributed by atoms with Crippen LogP contribution in [0.25, 0.3) is 0 Å². The highest BCUT2D eigenvalue weighted by atomic mass is 35.5. The minimum Gasteiger partial charge on any atom is -0.366 e. The maximum atomic E-state index is 12.5. The fourth-order valence-electron chi connectivity index (χ4n) is 1.94. The SMILES string of the molecule is CC(c1cccc(Cl)c1)N(C)S(=O)(=O)c1c[nH]ccc1=O. The third-order valence-electron chi connectivity index (χ3n) is 3.32. The van der Waals surface area contributed by atoms with Gasteiger partial charge in [0, 0.05) is 36.6 Å². The molecule has 0 aliphatic heterocycles. The highest BCUT2D eigenvalue weighted by molar-refractivity contribution is 7.89. The first-order valence-corrected chi connectivity index (χ1v) is 8.06. The summed E-state index contributed by atoms with van der Waals surface area (Å²) in [7, 11) is -2.45. The van der Waals surface area contributed by atoms with Crippen LogP contribution in [0.2, 0.25) is 5.02 Å². The zero-order valence-electron chi connectivity index (χ0n) is 11.6. The summed E-state index contributed by atoms with van der Waals surface area (Å²) in [5.41, 5.74) is 0.208. The van der Waals surface area contributed by atoms with Crippen LogP contribution in [0.3, 0.4) is 0 Å². The average Bonchev–Trinajstić information content (AvgIpc) is 2.46. The monoisotopic (exact) mass is 326 g/mol. The Kier molecular flexibility index (Phi) is 4.51. The van der Waals surface area contributed by atoms with Crippen molar-refractivity contribution >= 4 is 21.6 Å². The van der Waals surface area contributed by atoms with E-state index in [1.54, 1.807) is 31.2 Å². The Hall–Kier alpha value is -1.63. The molecule has 1 N–H and O–H groups in total. The molecule has 21 heavy (non-hydrogen) atoms. The van der Waals surface area contributed by atoms with Gasteiger partial charge in [0.1, 0.15) is 4.90 Å². The smallest absolute Gasteiger partial charge is 0.248 e. The Labute approximate surface area is 128 Å². The molecular weight excluding hydrogens is 312 g/mol. The van der Waals surface area contributed by atoms with Gasteiger partial charge in [0.15, 0.2) is 0 Å². The number of aromatic amines is 1. The van der Waals surface area contributed by atoms with Gasteiger partial charge in [0.05, 0.1) is 0 Å². The second-order valence-electron chi connectivity index (χ2n) is 4.63. The first-order valence-electron chi connectivity index (χ1n) is 6.24. The van der Waals surface area contributed by atoms with Crippen molar-refractivity contribution in [2.75, 3.05) is 7.05 Å². The lowest BCUT2D eigenvalue weighted by molar-refractivity contribution is 0.398. The summed E-state index contributed by atoms with van der Waals surface area (Å²) < 4.78 is 26.2. The van der Waals surface area contributed by atoms with Crippen molar-refractivity contribution in [3.63, 3.8) is 0 Å². The van der Waals surface area contributed by atoms with Gasteiger partial charge in [-0.25, -0.2) is 8.42 Å². The van der Waals surface area contributed by atoms with Gasteiger partial charge >= 0.3 is 0 Å². The van der Waals surface area contributed by atoms with Crippen molar-refractivity contribution in [2.24, 2.45) is 0 Å². The molecule has 0 aliphatic carbocycles. The van der Waals surface area contributed by atoms with Crippen LogP contribution in [0, 0.1) is 0 Å². The Morgan fingerprint density at radius 2 is 2.00 bits per heavy atom. The summed E-state index contributed by atoms with van der Waals surface area (Å²) in [5.74, 6) is 0. The number of pyridine rings is 1. The molecule has 1 aromatic heterocycles. The van der Waals surface area contributed by atoms with Crippen LogP contribution < -0.4 is 5.43 Å². The molecule has 2 aromatic rings. The van der Waals surface area contributed by atoms with E-state index in [1.807, 2.05) is 0 Å². The number of hydrogen-bond donors (Lipinski definition) is 1. The predicted octanol–water partition coefficient (Wildman–Crippen LogP) is 2.41. The van der Waals surface area contributed by atoms with Crippen LogP contribution in [-0.2, 0) is 10.0 Å². The van der Waals surface area contributed by atoms with Gasteiger partial charge in [-0.1, -0.05) is 23.7 Å². The topological polar surface area (TPSA) is 70.2 Å². The van der Waals surface area contributed by atoms with Gasteiger partial charge < -0.3 is 4.98 Å². The molecule has 0 aliphatic rings. The molecule has 0 saturated heterocycles. The van der Waals surface area contributed by atoms with E-state index >= 15 is 0 Å². The summed E-state index contributed by atoms with van der Waals surface area (Å²) in [6, 6.07) is 7.70. The number of nitrogens with one attached hydrogen (secondary N) is 1. The van der Waals surface area contributed by atoms with Crippen molar-refractivity contribution in [1.82, 2.24) is 9.29 Å². The lowest BCUT2D eigenvalue weighted by atomic mass is 10.1. The van der Waals surface area contributed by atoms with E-state index in [0.29, 0.717) is 5.02 Å². The normalized spacial score (nSPS) is 13.3. The molecule has 5 nitrogen and oxygen atoms in total. The first-order chi connectivity index (χ1) is 9.84. The molecular formula is C14H15ClN2O3S. The van der Waals surface area contributed by atoms with E-state index in [0.717, 1.165) is 9.87 Å². The molecule has 0 fully saturated rings. The Bertz CT molecular complexity index is 802. The van der Waals surface area contributed by atoms with Gasteiger partial charge in [-0.15, -0.1) is 0 Å². The molecule has 1 unspecified atom stereocenters. The van der Waals surface area contributed by atoms with Crippen molar-refractivity contribution in [2.45, 2.75) is 17.9 Å². The molecule has 2 rings (SSSR count). The van der Waals surface area contributed by atoms with E-state index < -0.39 is 21.5 Å². The largest absolute Gasteiger partial charge is 0.366 e. The second-order valence-corrected chi connectivity index (χ2v) is 7.03. The predicted molar refractivity (Wildman–Crippen MR) is 81.9 cm³/mol. The summed E-state index contributed by atoms with van der Waals surface area (Å²) in [6.07, 6.45) is 2.58. The molecule has 112 valence electrons. The number of sulfonamides is 1. The number of nitrogens with zero attached hydrogens (tertiary/aromatic N) is 1. The minimum atomic E-state index is -3.88. The Morgan fingerprint density at radius 1 is 1.29 bits per heavy atom. The van der Waals surface area contributed by atoms with Crippen LogP contribution in [-0.4, -0.2) is 24.8 Å². The number of benzene rings is 1. The second kappa shape index (κ2) is 6.01. The molecule has 1 atom stereocenters. The lowest BCUT2D eigenvalue weighted by Gasteiger charge is -2.24. The van der Waals surface area contributed by atoms with E-state index in [2.05, 4.69) is 4.98 Å². The standard InChI is InChI=1S/C14H15ClN2O3S/c1-10(11-4-3-5-12(15)8-11)17(2)21(19,20)14-9-16-7-6-13(14)18/h3-10H,1-2H3,(H,16,18). The van der Waals surface area contributed by atoms with E-state index in [4.69, 9.17) is 11.6 Å². The van der Waals surface area contributed by atoms with Crippen molar-refractivity contribution in [3.05, 3.63) is 63.5 Å². The molecule has 0 radical (unpaired) electrons. The Morgan fingerprint density at radius 3 is 2.62 bits per heavy atom. The van der Waals surface area contributed by atoms with Gasteiger partial charge in [0.25, 0.3) is 0 Å². The molecule has 1 heterocycles. The number of aromatic nitrogens is 1. The van der Waals surface area contributed by atoms with Crippen LogP contribution in [0.15, 0.2) is 52.4 Å². The van der Waals surface area contributed by atoms with Gasteiger partial charge in [0.2, 0.25) is 15.5 Å².